The number of hydrogen-bond donors (Lipinski definition) is 1. The highest BCUT2D eigenvalue weighted by molar-refractivity contribution is 6.22. The fourth-order valence-electron chi connectivity index (χ4n) is 5.32. The van der Waals surface area contributed by atoms with Crippen LogP contribution in [-0.2, 0) is 16.0 Å². The van der Waals surface area contributed by atoms with Gasteiger partial charge in [0.2, 0.25) is 11.8 Å². The minimum atomic E-state index is -0.464. The van der Waals surface area contributed by atoms with Gasteiger partial charge >= 0.3 is 0 Å². The number of nitro groups is 1. The van der Waals surface area contributed by atoms with Gasteiger partial charge in [-0.3, -0.25) is 19.7 Å². The third-order valence-corrected chi connectivity index (χ3v) is 7.09. The lowest BCUT2D eigenvalue weighted by Crippen LogP contribution is -2.30. The van der Waals surface area contributed by atoms with Gasteiger partial charge in [0.1, 0.15) is 5.69 Å². The van der Waals surface area contributed by atoms with Crippen molar-refractivity contribution >= 4 is 28.9 Å². The van der Waals surface area contributed by atoms with E-state index in [0.717, 1.165) is 28.9 Å². The van der Waals surface area contributed by atoms with E-state index in [2.05, 4.69) is 5.32 Å². The average molecular weight is 470 g/mol. The summed E-state index contributed by atoms with van der Waals surface area (Å²) in [7, 11) is 0. The molecule has 1 heterocycles. The van der Waals surface area contributed by atoms with Crippen LogP contribution in [0.25, 0.3) is 0 Å². The van der Waals surface area contributed by atoms with Crippen molar-refractivity contribution in [1.29, 1.82) is 0 Å². The van der Waals surface area contributed by atoms with Crippen LogP contribution >= 0.6 is 0 Å². The molecule has 1 N–H and O–H groups in total. The maximum Gasteiger partial charge on any atom is 0.294 e. The first-order chi connectivity index (χ1) is 17.0. The molecule has 2 amide bonds. The van der Waals surface area contributed by atoms with E-state index in [-0.39, 0.29) is 41.1 Å². The summed E-state index contributed by atoms with van der Waals surface area (Å²) in [5, 5.41) is 15.4. The van der Waals surface area contributed by atoms with Crippen molar-refractivity contribution in [2.24, 2.45) is 11.8 Å². The van der Waals surface area contributed by atoms with Crippen molar-refractivity contribution in [2.75, 3.05) is 10.2 Å². The Bertz CT molecular complexity index is 1220. The molecule has 2 fully saturated rings. The molecule has 7 nitrogen and oxygen atoms in total. The number of nitrogens with one attached hydrogen (secondary N) is 1. The molecular weight excluding hydrogens is 442 g/mol. The Morgan fingerprint density at radius 3 is 2.09 bits per heavy atom. The van der Waals surface area contributed by atoms with Crippen LogP contribution < -0.4 is 10.2 Å². The minimum Gasteiger partial charge on any atom is -0.372 e. The summed E-state index contributed by atoms with van der Waals surface area (Å²) in [4.78, 5) is 38.8. The molecule has 0 spiro atoms. The van der Waals surface area contributed by atoms with E-state index in [1.54, 1.807) is 12.1 Å². The van der Waals surface area contributed by atoms with Crippen molar-refractivity contribution in [3.05, 3.63) is 100 Å². The van der Waals surface area contributed by atoms with Gasteiger partial charge in [-0.1, -0.05) is 73.5 Å². The molecule has 1 saturated heterocycles. The molecule has 5 rings (SSSR count). The summed E-state index contributed by atoms with van der Waals surface area (Å²) in [5.74, 6) is -1.08. The monoisotopic (exact) mass is 469 g/mol. The number of benzene rings is 3. The number of nitro benzene ring substituents is 1. The van der Waals surface area contributed by atoms with Crippen molar-refractivity contribution in [3.63, 3.8) is 0 Å². The molecule has 1 aliphatic carbocycles. The van der Waals surface area contributed by atoms with Gasteiger partial charge in [0.15, 0.2) is 0 Å². The summed E-state index contributed by atoms with van der Waals surface area (Å²) in [6, 6.07) is 24.1. The Labute approximate surface area is 203 Å². The lowest BCUT2D eigenvalue weighted by Gasteiger charge is -2.22. The predicted octanol–water partition coefficient (Wildman–Crippen LogP) is 5.67. The number of carbonyl (C=O) groups is 2. The molecule has 1 aliphatic heterocycles. The molecule has 0 bridgehead atoms. The highest BCUT2D eigenvalue weighted by atomic mass is 16.6. The number of rotatable bonds is 7. The standard InChI is InChI=1S/C28H27N3O4/c32-27-22-13-7-8-14-23(22)28(33)30(27)21-15-16-24(26(18-21)31(34)35)29-25(20-11-5-2-6-12-20)17-19-9-3-1-4-10-19/h1-6,9-12,15-16,18,22-23,25,29H,7-8,13-14,17H2/t22-,23-,25+/m1/s1. The quantitative estimate of drug-likeness (QED) is 0.273. The van der Waals surface area contributed by atoms with Gasteiger partial charge in [-0.2, -0.15) is 0 Å². The normalized spacial score (nSPS) is 20.4. The highest BCUT2D eigenvalue weighted by Crippen LogP contribution is 2.42. The Morgan fingerprint density at radius 1 is 0.886 bits per heavy atom. The largest absolute Gasteiger partial charge is 0.372 e. The van der Waals surface area contributed by atoms with Crippen molar-refractivity contribution in [1.82, 2.24) is 0 Å². The van der Waals surface area contributed by atoms with E-state index < -0.39 is 4.92 Å². The van der Waals surface area contributed by atoms with Crippen LogP contribution in [0.4, 0.5) is 17.1 Å². The summed E-state index contributed by atoms with van der Waals surface area (Å²) in [6.45, 7) is 0. The molecule has 2 aliphatic rings. The lowest BCUT2D eigenvalue weighted by atomic mass is 9.81. The number of anilines is 2. The van der Waals surface area contributed by atoms with Crippen molar-refractivity contribution in [2.45, 2.75) is 38.1 Å². The fraction of sp³-hybridized carbons (Fsp3) is 0.286. The Kier molecular flexibility index (Phi) is 6.31. The second kappa shape index (κ2) is 9.70. The number of fused-ring (bicyclic) bond motifs is 1. The van der Waals surface area contributed by atoms with E-state index in [1.165, 1.54) is 6.07 Å². The molecule has 3 atom stereocenters. The van der Waals surface area contributed by atoms with Gasteiger partial charge in [0.05, 0.1) is 28.5 Å². The average Bonchev–Trinajstić information content (AvgIpc) is 3.15. The molecule has 3 aromatic carbocycles. The SMILES string of the molecule is O=C1[C@@H]2CCCC[C@H]2C(=O)N1c1ccc(N[C@@H](Cc2ccccc2)c2ccccc2)c([N+](=O)[O-])c1. The number of imide groups is 1. The second-order valence-electron chi connectivity index (χ2n) is 9.27. The zero-order valence-electron chi connectivity index (χ0n) is 19.3. The number of hydrogen-bond acceptors (Lipinski definition) is 5. The van der Waals surface area contributed by atoms with Crippen LogP contribution in [0.15, 0.2) is 78.9 Å². The number of carbonyl (C=O) groups excluding carboxylic acids is 2. The zero-order chi connectivity index (χ0) is 24.4. The summed E-state index contributed by atoms with van der Waals surface area (Å²) in [5.41, 5.74) is 2.56. The first-order valence-corrected chi connectivity index (χ1v) is 12.0. The first kappa shape index (κ1) is 22.8. The van der Waals surface area contributed by atoms with Gasteiger partial charge in [0, 0.05) is 6.07 Å². The molecule has 35 heavy (non-hydrogen) atoms. The number of nitrogens with zero attached hydrogens (tertiary/aromatic N) is 2. The van der Waals surface area contributed by atoms with E-state index in [9.17, 15) is 19.7 Å². The van der Waals surface area contributed by atoms with Gasteiger partial charge in [-0.25, -0.2) is 4.90 Å². The van der Waals surface area contributed by atoms with E-state index in [0.29, 0.717) is 24.9 Å². The van der Waals surface area contributed by atoms with Gasteiger partial charge in [-0.15, -0.1) is 0 Å². The van der Waals surface area contributed by atoms with Gasteiger partial charge in [0.25, 0.3) is 5.69 Å². The minimum absolute atomic E-state index is 0.160. The molecule has 3 aromatic rings. The maximum absolute atomic E-state index is 13.0. The van der Waals surface area contributed by atoms with Crippen molar-refractivity contribution in [3.8, 4) is 0 Å². The van der Waals surface area contributed by atoms with Gasteiger partial charge < -0.3 is 5.32 Å². The highest BCUT2D eigenvalue weighted by Gasteiger charge is 2.49. The molecule has 178 valence electrons. The Hall–Kier alpha value is -4.00. The molecule has 0 aromatic heterocycles. The van der Waals surface area contributed by atoms with E-state index in [4.69, 9.17) is 0 Å². The smallest absolute Gasteiger partial charge is 0.294 e. The van der Waals surface area contributed by atoms with Crippen LogP contribution in [0.1, 0.15) is 42.9 Å². The van der Waals surface area contributed by atoms with Crippen LogP contribution in [0.5, 0.6) is 0 Å². The fourth-order valence-corrected chi connectivity index (χ4v) is 5.32. The molecule has 1 saturated carbocycles. The summed E-state index contributed by atoms with van der Waals surface area (Å²) < 4.78 is 0. The molecular formula is C28H27N3O4. The maximum atomic E-state index is 13.0. The van der Waals surface area contributed by atoms with Crippen LogP contribution in [0.2, 0.25) is 0 Å². The lowest BCUT2D eigenvalue weighted by molar-refractivity contribution is -0.383. The Balaban J connectivity index is 1.47. The Morgan fingerprint density at radius 2 is 1.49 bits per heavy atom. The predicted molar refractivity (Wildman–Crippen MR) is 134 cm³/mol. The molecule has 0 radical (unpaired) electrons. The zero-order valence-corrected chi connectivity index (χ0v) is 19.3. The van der Waals surface area contributed by atoms with Gasteiger partial charge in [-0.05, 0) is 42.5 Å². The molecule has 0 unspecified atom stereocenters. The third-order valence-electron chi connectivity index (χ3n) is 7.09. The van der Waals surface area contributed by atoms with Crippen LogP contribution in [-0.4, -0.2) is 16.7 Å². The van der Waals surface area contributed by atoms with E-state index >= 15 is 0 Å². The molecule has 7 heteroatoms. The van der Waals surface area contributed by atoms with E-state index in [1.807, 2.05) is 60.7 Å². The summed E-state index contributed by atoms with van der Waals surface area (Å²) >= 11 is 0. The third kappa shape index (κ3) is 4.54. The second-order valence-corrected chi connectivity index (χ2v) is 9.27. The topological polar surface area (TPSA) is 92.6 Å². The van der Waals surface area contributed by atoms with Crippen molar-refractivity contribution < 1.29 is 14.5 Å². The summed E-state index contributed by atoms with van der Waals surface area (Å²) in [6.07, 6.45) is 3.90. The van der Waals surface area contributed by atoms with Crippen LogP contribution in [0.3, 0.4) is 0 Å². The van der Waals surface area contributed by atoms with Crippen LogP contribution in [0, 0.1) is 22.0 Å². The number of amides is 2. The first-order valence-electron chi connectivity index (χ1n) is 12.0.